The van der Waals surface area contributed by atoms with Crippen molar-refractivity contribution >= 4 is 17.5 Å². The third-order valence-electron chi connectivity index (χ3n) is 17.7. The van der Waals surface area contributed by atoms with Crippen molar-refractivity contribution in [2.24, 2.45) is 46.3 Å². The van der Waals surface area contributed by atoms with Crippen molar-refractivity contribution < 1.29 is 29.3 Å². The number of carbonyl (C=O) groups excluding carboxylic acids is 2. The molecule has 65 heavy (non-hydrogen) atoms. The van der Waals surface area contributed by atoms with Crippen LogP contribution in [-0.2, 0) is 32.0 Å². The summed E-state index contributed by atoms with van der Waals surface area (Å²) in [7, 11) is 4.01. The Morgan fingerprint density at radius 1 is 0.862 bits per heavy atom. The summed E-state index contributed by atoms with van der Waals surface area (Å²) in [6.45, 7) is 1.74. The van der Waals surface area contributed by atoms with E-state index in [9.17, 15) is 15.0 Å². The number of nitrogens with one attached hydrogen (secondary N) is 3. The number of cyclic esters (lactones) is 2. The fourth-order valence-electron chi connectivity index (χ4n) is 15.1. The van der Waals surface area contributed by atoms with Crippen LogP contribution in [0.3, 0.4) is 0 Å². The molecule has 9 nitrogen and oxygen atoms in total. The Bertz CT molecular complexity index is 2520. The van der Waals surface area contributed by atoms with Crippen LogP contribution in [0.25, 0.3) is 16.7 Å². The Kier molecular flexibility index (Phi) is 11.3. The molecule has 3 saturated carbocycles. The Hall–Kier alpha value is -4.80. The maximum atomic E-state index is 15.1. The molecule has 2 saturated heterocycles. The molecule has 0 unspecified atom stereocenters. The number of ether oxygens (including phenoxy) is 2. The number of phenols is 1. The first-order valence-electron chi connectivity index (χ1n) is 24.8. The topological polar surface area (TPSA) is 129 Å². The minimum Gasteiger partial charge on any atom is -0.508 e. The Balaban J connectivity index is 1.08. The minimum absolute atomic E-state index is 0.00252. The van der Waals surface area contributed by atoms with Gasteiger partial charge in [-0.3, -0.25) is 0 Å². The van der Waals surface area contributed by atoms with E-state index in [1.807, 2.05) is 37.4 Å². The third-order valence-corrected chi connectivity index (χ3v) is 17.7. The van der Waals surface area contributed by atoms with E-state index in [0.717, 1.165) is 102 Å². The molecule has 0 radical (unpaired) electrons. The van der Waals surface area contributed by atoms with Crippen LogP contribution in [0.1, 0.15) is 100 Å². The van der Waals surface area contributed by atoms with Crippen molar-refractivity contribution in [3.05, 3.63) is 129 Å². The number of carbonyl (C=O) groups is 2. The molecule has 0 amide bonds. The number of piperidine rings is 1. The lowest BCUT2D eigenvalue weighted by molar-refractivity contribution is -0.135. The number of aromatic hydroxyl groups is 1. The first-order valence-corrected chi connectivity index (χ1v) is 24.8. The summed E-state index contributed by atoms with van der Waals surface area (Å²) in [5, 5.41) is 32.2. The Morgan fingerprint density at radius 3 is 2.55 bits per heavy atom. The van der Waals surface area contributed by atoms with Gasteiger partial charge in [0.15, 0.2) is 0 Å². The molecule has 340 valence electrons. The number of benzene rings is 3. The van der Waals surface area contributed by atoms with Gasteiger partial charge < -0.3 is 35.6 Å². The lowest BCUT2D eigenvalue weighted by Gasteiger charge is -2.56. The molecule has 0 aromatic heterocycles. The number of aliphatic hydroxyl groups is 1. The second-order valence-electron chi connectivity index (χ2n) is 20.7. The number of esters is 2. The largest absolute Gasteiger partial charge is 0.508 e. The summed E-state index contributed by atoms with van der Waals surface area (Å²) in [6.07, 6.45) is 16.0. The molecule has 3 aromatic carbocycles. The second kappa shape index (κ2) is 17.1. The summed E-state index contributed by atoms with van der Waals surface area (Å²) in [5.74, 6) is 1.96. The van der Waals surface area contributed by atoms with Crippen LogP contribution >= 0.6 is 0 Å². The minimum atomic E-state index is -0.908. The van der Waals surface area contributed by atoms with Crippen molar-refractivity contribution in [3.63, 3.8) is 0 Å². The monoisotopic (exact) mass is 875 g/mol. The molecular weight excluding hydrogens is 811 g/mol. The van der Waals surface area contributed by atoms with Gasteiger partial charge in [-0.05, 0) is 202 Å². The standard InChI is InChI=1S/C56H65N3O6/c1-57-32-35-10-6-11-36(27-35)41-16-15-40(61)30-45(41)48-42-19-23-56(46(64-54(63)51(48)56)28-34(21-25-60)26-33-8-4-3-5-9-33)50-43(42)17-18-44-49(50)53(62)65-52(44)37-13-14-38-12-7-22-55(38,31-37)39-20-24-59-47(29-39)58-2/h3-6,8-11,15-16,27-28,30,34,38-39,42-43,47,50,57-61H,7,12-14,17-26,29,31-32H2,1-2H3/b46-28-,52-37?/t34-,38-,39-,42-,43+,47+,50-,55-,56-/m1/s1. The van der Waals surface area contributed by atoms with Gasteiger partial charge in [-0.25, -0.2) is 9.59 Å². The van der Waals surface area contributed by atoms with Crippen LogP contribution in [-0.4, -0.2) is 55.6 Å². The number of aliphatic hydroxyl groups excluding tert-OH is 1. The first kappa shape index (κ1) is 42.8. The van der Waals surface area contributed by atoms with Gasteiger partial charge >= 0.3 is 11.9 Å². The third kappa shape index (κ3) is 7.01. The van der Waals surface area contributed by atoms with E-state index in [2.05, 4.69) is 65.5 Å². The average Bonchev–Trinajstić information content (AvgIpc) is 4.01. The van der Waals surface area contributed by atoms with Gasteiger partial charge in [0.1, 0.15) is 17.3 Å². The highest BCUT2D eigenvalue weighted by Gasteiger charge is 2.69. The van der Waals surface area contributed by atoms with Crippen LogP contribution in [0.15, 0.2) is 113 Å². The number of allylic oxidation sites excluding steroid dienone is 5. The van der Waals surface area contributed by atoms with Gasteiger partial charge in [0.25, 0.3) is 0 Å². The molecule has 3 aromatic rings. The fraction of sp³-hybridized carbons (Fsp3) is 0.500. The van der Waals surface area contributed by atoms with E-state index >= 15 is 4.79 Å². The zero-order valence-corrected chi connectivity index (χ0v) is 38.1. The summed E-state index contributed by atoms with van der Waals surface area (Å²) in [5.41, 5.74) is 9.22. The number of rotatable bonds is 11. The summed E-state index contributed by atoms with van der Waals surface area (Å²) < 4.78 is 13.3. The molecule has 5 fully saturated rings. The van der Waals surface area contributed by atoms with E-state index < -0.39 is 5.41 Å². The highest BCUT2D eigenvalue weighted by atomic mass is 16.6. The predicted octanol–water partition coefficient (Wildman–Crippen LogP) is 9.27. The molecule has 5 N–H and O–H groups in total. The summed E-state index contributed by atoms with van der Waals surface area (Å²) in [4.78, 5) is 30.0. The Morgan fingerprint density at radius 2 is 1.72 bits per heavy atom. The molecular formula is C56H65N3O6. The highest BCUT2D eigenvalue weighted by molar-refractivity contribution is 6.07. The van der Waals surface area contributed by atoms with Gasteiger partial charge in [0, 0.05) is 30.2 Å². The normalized spacial score (nSPS) is 33.7. The van der Waals surface area contributed by atoms with Gasteiger partial charge in [0.2, 0.25) is 0 Å². The molecule has 9 heteroatoms. The van der Waals surface area contributed by atoms with Crippen LogP contribution in [0.2, 0.25) is 0 Å². The van der Waals surface area contributed by atoms with Crippen LogP contribution in [0, 0.1) is 46.3 Å². The van der Waals surface area contributed by atoms with Crippen molar-refractivity contribution in [1.82, 2.24) is 16.0 Å². The summed E-state index contributed by atoms with van der Waals surface area (Å²) >= 11 is 0. The van der Waals surface area contributed by atoms with E-state index in [1.165, 1.54) is 31.3 Å². The molecule has 2 bridgehead atoms. The molecule has 9 atom stereocenters. The van der Waals surface area contributed by atoms with E-state index in [0.29, 0.717) is 55.1 Å². The smallest absolute Gasteiger partial charge is 0.340 e. The van der Waals surface area contributed by atoms with Crippen LogP contribution in [0.4, 0.5) is 0 Å². The van der Waals surface area contributed by atoms with Gasteiger partial charge in [-0.15, -0.1) is 0 Å². The number of fused-ring (bicyclic) bond motifs is 2. The molecule has 3 heterocycles. The quantitative estimate of drug-likeness (QED) is 0.120. The molecule has 1 spiro atoms. The zero-order valence-electron chi connectivity index (χ0n) is 38.1. The van der Waals surface area contributed by atoms with Crippen molar-refractivity contribution in [1.29, 1.82) is 0 Å². The molecule has 6 aliphatic carbocycles. The van der Waals surface area contributed by atoms with E-state index in [4.69, 9.17) is 9.47 Å². The Labute approximate surface area is 383 Å². The maximum Gasteiger partial charge on any atom is 0.340 e. The SMILES string of the molecule is CNCc1cccc(-c2ccc(O)cc2C2=C3C(=O)O/C(=C\[C@H](CCO)Cc4ccccc4)[C@@]34CC[C@@H]2[C@@H]2CCC3=C(C(=O)OC3=C3CC[C@H]5CCC[C@@]5([C@@H]5CCN[C@H](NC)C5)C3)[C@@H]24)c1. The molecule has 12 rings (SSSR count). The lowest BCUT2D eigenvalue weighted by atomic mass is 9.44. The van der Waals surface area contributed by atoms with Gasteiger partial charge in [-0.2, -0.15) is 0 Å². The van der Waals surface area contributed by atoms with Crippen LogP contribution < -0.4 is 16.0 Å². The maximum absolute atomic E-state index is 15.1. The van der Waals surface area contributed by atoms with Gasteiger partial charge in [-0.1, -0.05) is 61.0 Å². The predicted molar refractivity (Wildman–Crippen MR) is 251 cm³/mol. The average molecular weight is 876 g/mol. The number of hydrogen-bond acceptors (Lipinski definition) is 9. The number of phenolic OH excluding ortho intramolecular Hbond substituents is 1. The summed E-state index contributed by atoms with van der Waals surface area (Å²) in [6, 6.07) is 24.3. The number of hydrogen-bond donors (Lipinski definition) is 5. The van der Waals surface area contributed by atoms with Crippen molar-refractivity contribution in [2.75, 3.05) is 27.2 Å². The van der Waals surface area contributed by atoms with Crippen LogP contribution in [0.5, 0.6) is 5.75 Å². The van der Waals surface area contributed by atoms with E-state index in [1.54, 1.807) is 6.07 Å². The first-order chi connectivity index (χ1) is 31.8. The van der Waals surface area contributed by atoms with E-state index in [-0.39, 0.29) is 53.4 Å². The van der Waals surface area contributed by atoms with Crippen molar-refractivity contribution in [3.8, 4) is 16.9 Å². The highest BCUT2D eigenvalue weighted by Crippen LogP contribution is 2.72. The fourth-order valence-corrected chi connectivity index (χ4v) is 15.1. The lowest BCUT2D eigenvalue weighted by Crippen LogP contribution is -2.52. The zero-order chi connectivity index (χ0) is 44.5. The molecule has 3 aliphatic heterocycles. The second-order valence-corrected chi connectivity index (χ2v) is 20.7. The molecule has 9 aliphatic rings. The van der Waals surface area contributed by atoms with Gasteiger partial charge in [0.05, 0.1) is 17.2 Å². The van der Waals surface area contributed by atoms with Crippen molar-refractivity contribution in [2.45, 2.75) is 103 Å².